The van der Waals surface area contributed by atoms with Crippen LogP contribution in [0, 0.1) is 6.92 Å². The lowest BCUT2D eigenvalue weighted by atomic mass is 10.4. The second-order valence-corrected chi connectivity index (χ2v) is 4.88. The van der Waals surface area contributed by atoms with E-state index in [1.165, 1.54) is 11.3 Å². The molecule has 4 aromatic heterocycles. The first-order chi connectivity index (χ1) is 9.31. The van der Waals surface area contributed by atoms with E-state index < -0.39 is 0 Å². The highest BCUT2D eigenvalue weighted by Crippen LogP contribution is 2.27. The van der Waals surface area contributed by atoms with Gasteiger partial charge < -0.3 is 8.94 Å². The van der Waals surface area contributed by atoms with Crippen LogP contribution in [0.5, 0.6) is 0 Å². The minimum atomic E-state index is 0.572. The molecule has 0 radical (unpaired) electrons. The van der Waals surface area contributed by atoms with Crippen molar-refractivity contribution in [3.8, 4) is 22.3 Å². The van der Waals surface area contributed by atoms with E-state index in [2.05, 4.69) is 20.5 Å². The highest BCUT2D eigenvalue weighted by molar-refractivity contribution is 7.19. The molecule has 94 valence electrons. The van der Waals surface area contributed by atoms with Gasteiger partial charge in [0, 0.05) is 6.07 Å². The van der Waals surface area contributed by atoms with E-state index in [9.17, 15) is 0 Å². The number of furan rings is 1. The van der Waals surface area contributed by atoms with Crippen LogP contribution < -0.4 is 0 Å². The van der Waals surface area contributed by atoms with Crippen LogP contribution in [-0.4, -0.2) is 25.0 Å². The third-order valence-corrected chi connectivity index (χ3v) is 3.50. The molecule has 0 atom stereocenters. The molecule has 0 bridgehead atoms. The van der Waals surface area contributed by atoms with E-state index in [-0.39, 0.29) is 0 Å². The average Bonchev–Trinajstić information content (AvgIpc) is 3.11. The van der Waals surface area contributed by atoms with Crippen molar-refractivity contribution in [2.24, 2.45) is 0 Å². The van der Waals surface area contributed by atoms with Gasteiger partial charge in [0.1, 0.15) is 11.5 Å². The van der Waals surface area contributed by atoms with Crippen LogP contribution in [0.25, 0.3) is 27.2 Å². The Labute approximate surface area is 110 Å². The standard InChI is InChI=1S/C11H7N5O2S/c1-6-5-7(15-18-6)10-14-16-9(8-3-2-4-17-8)12-13-11(16)19-10/h2-5H,1H3. The summed E-state index contributed by atoms with van der Waals surface area (Å²) in [7, 11) is 0. The fraction of sp³-hybridized carbons (Fsp3) is 0.0909. The SMILES string of the molecule is Cc1cc(-c2nn3c(-c4ccco4)nnc3s2)no1. The lowest BCUT2D eigenvalue weighted by molar-refractivity contribution is 0.399. The maximum Gasteiger partial charge on any atom is 0.235 e. The third-order valence-electron chi connectivity index (χ3n) is 2.58. The van der Waals surface area contributed by atoms with E-state index in [4.69, 9.17) is 8.94 Å². The molecular weight excluding hydrogens is 266 g/mol. The Morgan fingerprint density at radius 3 is 3.00 bits per heavy atom. The molecule has 4 rings (SSSR count). The van der Waals surface area contributed by atoms with Crippen LogP contribution in [0.4, 0.5) is 0 Å². The first-order valence-corrected chi connectivity index (χ1v) is 6.33. The average molecular weight is 273 g/mol. The highest BCUT2D eigenvalue weighted by atomic mass is 32.1. The van der Waals surface area contributed by atoms with E-state index in [1.807, 2.05) is 19.1 Å². The van der Waals surface area contributed by atoms with Gasteiger partial charge >= 0.3 is 0 Å². The van der Waals surface area contributed by atoms with Gasteiger partial charge in [-0.3, -0.25) is 0 Å². The van der Waals surface area contributed by atoms with Crippen molar-refractivity contribution in [2.45, 2.75) is 6.92 Å². The molecule has 7 nitrogen and oxygen atoms in total. The molecule has 0 aliphatic carbocycles. The van der Waals surface area contributed by atoms with Crippen LogP contribution in [0.1, 0.15) is 5.76 Å². The van der Waals surface area contributed by atoms with Crippen molar-refractivity contribution in [3.63, 3.8) is 0 Å². The normalized spacial score (nSPS) is 11.4. The molecule has 0 N–H and O–H groups in total. The third kappa shape index (κ3) is 1.57. The van der Waals surface area contributed by atoms with Crippen LogP contribution in [-0.2, 0) is 0 Å². The van der Waals surface area contributed by atoms with Crippen molar-refractivity contribution in [1.29, 1.82) is 0 Å². The lowest BCUT2D eigenvalue weighted by Crippen LogP contribution is -1.89. The maximum absolute atomic E-state index is 5.31. The molecule has 8 heteroatoms. The zero-order valence-electron chi connectivity index (χ0n) is 9.77. The Morgan fingerprint density at radius 2 is 2.26 bits per heavy atom. The maximum atomic E-state index is 5.31. The number of nitrogens with zero attached hydrogens (tertiary/aromatic N) is 5. The fourth-order valence-corrected chi connectivity index (χ4v) is 2.54. The summed E-state index contributed by atoms with van der Waals surface area (Å²) in [5, 5.41) is 17.3. The number of aryl methyl sites for hydroxylation is 1. The number of fused-ring (bicyclic) bond motifs is 1. The Morgan fingerprint density at radius 1 is 1.32 bits per heavy atom. The van der Waals surface area contributed by atoms with E-state index in [0.717, 1.165) is 10.8 Å². The molecule has 0 fully saturated rings. The molecule has 4 aromatic rings. The second-order valence-electron chi connectivity index (χ2n) is 3.93. The van der Waals surface area contributed by atoms with Gasteiger partial charge in [0.15, 0.2) is 10.8 Å². The first-order valence-electron chi connectivity index (χ1n) is 5.51. The van der Waals surface area contributed by atoms with Crippen molar-refractivity contribution >= 4 is 16.3 Å². The fourth-order valence-electron chi connectivity index (χ4n) is 1.75. The molecule has 0 unspecified atom stereocenters. The van der Waals surface area contributed by atoms with Crippen molar-refractivity contribution < 1.29 is 8.94 Å². The predicted molar refractivity (Wildman–Crippen MR) is 66.6 cm³/mol. The van der Waals surface area contributed by atoms with Gasteiger partial charge in [-0.2, -0.15) is 9.61 Å². The summed E-state index contributed by atoms with van der Waals surface area (Å²) in [6.45, 7) is 1.84. The highest BCUT2D eigenvalue weighted by Gasteiger charge is 2.17. The zero-order chi connectivity index (χ0) is 12.8. The minimum Gasteiger partial charge on any atom is -0.461 e. The monoisotopic (exact) mass is 273 g/mol. The van der Waals surface area contributed by atoms with Crippen molar-refractivity contribution in [3.05, 3.63) is 30.2 Å². The number of hydrogen-bond acceptors (Lipinski definition) is 7. The van der Waals surface area contributed by atoms with Gasteiger partial charge in [-0.25, -0.2) is 0 Å². The summed E-state index contributed by atoms with van der Waals surface area (Å²) in [4.78, 5) is 0.682. The molecule has 4 heterocycles. The number of rotatable bonds is 2. The molecule has 0 amide bonds. The van der Waals surface area contributed by atoms with Gasteiger partial charge in [-0.15, -0.1) is 10.2 Å². The first kappa shape index (κ1) is 10.4. The minimum absolute atomic E-state index is 0.572. The van der Waals surface area contributed by atoms with Gasteiger partial charge in [-0.1, -0.05) is 16.5 Å². The summed E-state index contributed by atoms with van der Waals surface area (Å²) < 4.78 is 12.0. The Hall–Kier alpha value is -2.48. The quantitative estimate of drug-likeness (QED) is 0.557. The largest absolute Gasteiger partial charge is 0.461 e. The van der Waals surface area contributed by atoms with Crippen LogP contribution in [0.2, 0.25) is 0 Å². The van der Waals surface area contributed by atoms with Gasteiger partial charge in [0.25, 0.3) is 0 Å². The van der Waals surface area contributed by atoms with E-state index in [1.54, 1.807) is 16.8 Å². The number of hydrogen-bond donors (Lipinski definition) is 0. The van der Waals surface area contributed by atoms with Crippen molar-refractivity contribution in [1.82, 2.24) is 25.0 Å². The molecule has 0 saturated heterocycles. The summed E-state index contributed by atoms with van der Waals surface area (Å²) in [5.41, 5.74) is 0.693. The van der Waals surface area contributed by atoms with Crippen LogP contribution in [0.15, 0.2) is 33.4 Å². The molecule has 0 spiro atoms. The van der Waals surface area contributed by atoms with Crippen LogP contribution >= 0.6 is 11.3 Å². The molecular formula is C11H7N5O2S. The summed E-state index contributed by atoms with van der Waals surface area (Å²) in [6.07, 6.45) is 1.59. The molecule has 0 aliphatic rings. The summed E-state index contributed by atoms with van der Waals surface area (Å²) >= 11 is 1.40. The molecule has 0 aromatic carbocycles. The zero-order valence-corrected chi connectivity index (χ0v) is 10.6. The Bertz CT molecular complexity index is 842. The van der Waals surface area contributed by atoms with E-state index in [0.29, 0.717) is 22.2 Å². The Kier molecular flexibility index (Phi) is 2.06. The van der Waals surface area contributed by atoms with Gasteiger partial charge in [0.2, 0.25) is 10.8 Å². The summed E-state index contributed by atoms with van der Waals surface area (Å²) in [6, 6.07) is 5.44. The van der Waals surface area contributed by atoms with Crippen LogP contribution in [0.3, 0.4) is 0 Å². The Balaban J connectivity index is 1.89. The van der Waals surface area contributed by atoms with Gasteiger partial charge in [0.05, 0.1) is 6.26 Å². The number of aromatic nitrogens is 5. The molecule has 19 heavy (non-hydrogen) atoms. The molecule has 0 aliphatic heterocycles. The van der Waals surface area contributed by atoms with Crippen molar-refractivity contribution in [2.75, 3.05) is 0 Å². The summed E-state index contributed by atoms with van der Waals surface area (Å²) in [5.74, 6) is 1.94. The van der Waals surface area contributed by atoms with E-state index >= 15 is 0 Å². The predicted octanol–water partition coefficient (Wildman–Crippen LogP) is 2.41. The van der Waals surface area contributed by atoms with Gasteiger partial charge in [-0.05, 0) is 19.1 Å². The lowest BCUT2D eigenvalue weighted by Gasteiger charge is -1.89. The molecule has 0 saturated carbocycles. The second kappa shape index (κ2) is 3.75. The topological polar surface area (TPSA) is 82.2 Å². The smallest absolute Gasteiger partial charge is 0.235 e.